The normalized spacial score (nSPS) is 14.2. The maximum absolute atomic E-state index is 12.2. The van der Waals surface area contributed by atoms with E-state index in [4.69, 9.17) is 9.47 Å². The molecule has 1 aromatic heterocycles. The maximum Gasteiger partial charge on any atom is 0.259 e. The number of halogens is 1. The van der Waals surface area contributed by atoms with Crippen LogP contribution in [0.4, 0.5) is 0 Å². The Kier molecular flexibility index (Phi) is 7.70. The molecule has 1 aromatic carbocycles. The number of aromatic nitrogens is 2. The molecule has 0 spiro atoms. The summed E-state index contributed by atoms with van der Waals surface area (Å²) >= 11 is 0. The second-order valence-electron chi connectivity index (χ2n) is 6.63. The van der Waals surface area contributed by atoms with Gasteiger partial charge in [-0.1, -0.05) is 0 Å². The van der Waals surface area contributed by atoms with Gasteiger partial charge in [0.1, 0.15) is 0 Å². The van der Waals surface area contributed by atoms with E-state index in [0.29, 0.717) is 6.54 Å². The first kappa shape index (κ1) is 22.5. The molecule has 0 atom stereocenters. The van der Waals surface area contributed by atoms with Crippen LogP contribution in [0.1, 0.15) is 17.5 Å². The Balaban J connectivity index is 0.00000280. The van der Waals surface area contributed by atoms with Crippen LogP contribution in [0.2, 0.25) is 0 Å². The molecule has 28 heavy (non-hydrogen) atoms. The van der Waals surface area contributed by atoms with E-state index in [1.807, 2.05) is 12.1 Å². The van der Waals surface area contributed by atoms with Crippen molar-refractivity contribution in [2.75, 3.05) is 33.9 Å². The summed E-state index contributed by atoms with van der Waals surface area (Å²) in [4.78, 5) is 6.21. The number of nitrogens with one attached hydrogen (secondary N) is 1. The molecule has 1 aliphatic rings. The van der Waals surface area contributed by atoms with Crippen molar-refractivity contribution >= 4 is 22.4 Å². The highest BCUT2D eigenvalue weighted by atomic mass is 35.5. The molecule has 0 radical (unpaired) electrons. The van der Waals surface area contributed by atoms with Gasteiger partial charge in [0.25, 0.3) is 10.0 Å². The standard InChI is InChI=1S/C18H26N4O4S.ClH/c1-21-12-18(19-13-21)27(23,24)20-6-4-7-22-8-5-14-9-16(25-2)17(26-3)10-15(14)11-22;/h9-10,12-13,20H,4-8,11H2,1-3H3;1H. The minimum absolute atomic E-state index is 0. The molecule has 0 amide bonds. The zero-order valence-electron chi connectivity index (χ0n) is 16.3. The summed E-state index contributed by atoms with van der Waals surface area (Å²) in [6.45, 7) is 2.96. The fraction of sp³-hybridized carbons (Fsp3) is 0.500. The van der Waals surface area contributed by atoms with Crippen molar-refractivity contribution in [1.29, 1.82) is 0 Å². The minimum Gasteiger partial charge on any atom is -0.493 e. The van der Waals surface area contributed by atoms with Crippen molar-refractivity contribution in [1.82, 2.24) is 19.2 Å². The van der Waals surface area contributed by atoms with Crippen LogP contribution in [-0.4, -0.2) is 56.7 Å². The number of aryl methyl sites for hydroxylation is 1. The van der Waals surface area contributed by atoms with Gasteiger partial charge in [-0.3, -0.25) is 4.90 Å². The van der Waals surface area contributed by atoms with Gasteiger partial charge in [-0.25, -0.2) is 18.1 Å². The van der Waals surface area contributed by atoms with Gasteiger partial charge in [-0.05, 0) is 42.6 Å². The van der Waals surface area contributed by atoms with E-state index >= 15 is 0 Å². The summed E-state index contributed by atoms with van der Waals surface area (Å²) < 4.78 is 39.3. The third-order valence-electron chi connectivity index (χ3n) is 4.70. The van der Waals surface area contributed by atoms with Gasteiger partial charge in [-0.2, -0.15) is 0 Å². The molecule has 2 heterocycles. The third kappa shape index (κ3) is 5.16. The summed E-state index contributed by atoms with van der Waals surface area (Å²) in [5.74, 6) is 1.50. The number of nitrogens with zero attached hydrogens (tertiary/aromatic N) is 3. The smallest absolute Gasteiger partial charge is 0.259 e. The molecule has 0 fully saturated rings. The lowest BCUT2D eigenvalue weighted by Gasteiger charge is -2.29. The Morgan fingerprint density at radius 1 is 1.18 bits per heavy atom. The van der Waals surface area contributed by atoms with E-state index in [0.717, 1.165) is 44.0 Å². The summed E-state index contributed by atoms with van der Waals surface area (Å²) in [6, 6.07) is 4.08. The molecule has 3 rings (SSSR count). The van der Waals surface area contributed by atoms with E-state index in [1.165, 1.54) is 23.7 Å². The summed E-state index contributed by atoms with van der Waals surface area (Å²) in [5.41, 5.74) is 2.51. The van der Waals surface area contributed by atoms with Crippen molar-refractivity contribution in [3.63, 3.8) is 0 Å². The number of rotatable bonds is 8. The van der Waals surface area contributed by atoms with Gasteiger partial charge in [0.15, 0.2) is 16.5 Å². The van der Waals surface area contributed by atoms with Crippen LogP contribution >= 0.6 is 12.4 Å². The minimum atomic E-state index is -3.54. The van der Waals surface area contributed by atoms with Gasteiger partial charge in [-0.15, -0.1) is 12.4 Å². The Bertz CT molecular complexity index is 901. The molecular weight excluding hydrogens is 404 g/mol. The number of methoxy groups -OCH3 is 2. The van der Waals surface area contributed by atoms with Gasteiger partial charge in [0.2, 0.25) is 0 Å². The first-order chi connectivity index (χ1) is 12.9. The largest absolute Gasteiger partial charge is 0.493 e. The summed E-state index contributed by atoms with van der Waals surface area (Å²) in [7, 11) is 1.48. The topological polar surface area (TPSA) is 85.7 Å². The number of imidazole rings is 1. The Hall–Kier alpha value is -1.81. The predicted molar refractivity (Wildman–Crippen MR) is 109 cm³/mol. The van der Waals surface area contributed by atoms with Gasteiger partial charge in [0, 0.05) is 32.9 Å². The number of sulfonamides is 1. The molecule has 0 aliphatic carbocycles. The Labute approximate surface area is 172 Å². The van der Waals surface area contributed by atoms with Crippen LogP contribution in [0.25, 0.3) is 0 Å². The van der Waals surface area contributed by atoms with Crippen LogP contribution in [0.3, 0.4) is 0 Å². The molecule has 1 aliphatic heterocycles. The number of benzene rings is 1. The fourth-order valence-corrected chi connectivity index (χ4v) is 4.30. The van der Waals surface area contributed by atoms with Crippen LogP contribution in [0, 0.1) is 0 Å². The quantitative estimate of drug-likeness (QED) is 0.640. The number of ether oxygens (including phenoxy) is 2. The SMILES string of the molecule is COc1cc2c(cc1OC)CN(CCCNS(=O)(=O)c1cn(C)cn1)CC2.Cl. The van der Waals surface area contributed by atoms with E-state index in [1.54, 1.807) is 25.8 Å². The predicted octanol–water partition coefficient (Wildman–Crippen LogP) is 1.59. The molecule has 2 aromatic rings. The molecule has 156 valence electrons. The van der Waals surface area contributed by atoms with Crippen LogP contribution in [0.15, 0.2) is 29.7 Å². The first-order valence-corrected chi connectivity index (χ1v) is 10.3. The molecular formula is C18H27ClN4O4S. The molecule has 1 N–H and O–H groups in total. The molecule has 0 saturated heterocycles. The summed E-state index contributed by atoms with van der Waals surface area (Å²) in [5, 5.41) is 0.0537. The van der Waals surface area contributed by atoms with Gasteiger partial charge < -0.3 is 14.0 Å². The molecule has 10 heteroatoms. The zero-order chi connectivity index (χ0) is 19.4. The third-order valence-corrected chi connectivity index (χ3v) is 6.04. The maximum atomic E-state index is 12.2. The molecule has 8 nitrogen and oxygen atoms in total. The van der Waals surface area contributed by atoms with E-state index in [2.05, 4.69) is 14.6 Å². The Morgan fingerprint density at radius 2 is 1.86 bits per heavy atom. The highest BCUT2D eigenvalue weighted by Crippen LogP contribution is 2.33. The van der Waals surface area contributed by atoms with Crippen molar-refractivity contribution in [2.24, 2.45) is 7.05 Å². The van der Waals surface area contributed by atoms with Crippen LogP contribution < -0.4 is 14.2 Å². The lowest BCUT2D eigenvalue weighted by Crippen LogP contribution is -2.34. The highest BCUT2D eigenvalue weighted by Gasteiger charge is 2.20. The summed E-state index contributed by atoms with van der Waals surface area (Å²) in [6.07, 6.45) is 4.64. The number of fused-ring (bicyclic) bond motifs is 1. The average molecular weight is 431 g/mol. The second-order valence-corrected chi connectivity index (χ2v) is 8.34. The van der Waals surface area contributed by atoms with Crippen molar-refractivity contribution < 1.29 is 17.9 Å². The van der Waals surface area contributed by atoms with Crippen LogP contribution in [0.5, 0.6) is 11.5 Å². The van der Waals surface area contributed by atoms with Gasteiger partial charge in [0.05, 0.1) is 20.5 Å². The first-order valence-electron chi connectivity index (χ1n) is 8.86. The molecule has 0 saturated carbocycles. The zero-order valence-corrected chi connectivity index (χ0v) is 18.0. The molecule has 0 bridgehead atoms. The van der Waals surface area contributed by atoms with E-state index in [9.17, 15) is 8.42 Å². The number of hydrogen-bond acceptors (Lipinski definition) is 6. The number of hydrogen-bond donors (Lipinski definition) is 1. The molecule has 0 unspecified atom stereocenters. The Morgan fingerprint density at radius 3 is 2.46 bits per heavy atom. The average Bonchev–Trinajstić information content (AvgIpc) is 3.11. The lowest BCUT2D eigenvalue weighted by molar-refractivity contribution is 0.250. The van der Waals surface area contributed by atoms with Crippen LogP contribution in [-0.2, 0) is 30.0 Å². The van der Waals surface area contributed by atoms with Crippen molar-refractivity contribution in [3.05, 3.63) is 35.8 Å². The van der Waals surface area contributed by atoms with Crippen molar-refractivity contribution in [3.8, 4) is 11.5 Å². The fourth-order valence-electron chi connectivity index (χ4n) is 3.24. The second kappa shape index (κ2) is 9.60. The lowest BCUT2D eigenvalue weighted by atomic mass is 9.98. The van der Waals surface area contributed by atoms with E-state index < -0.39 is 10.0 Å². The highest BCUT2D eigenvalue weighted by molar-refractivity contribution is 7.89. The van der Waals surface area contributed by atoms with Crippen molar-refractivity contribution in [2.45, 2.75) is 24.4 Å². The van der Waals surface area contributed by atoms with E-state index in [-0.39, 0.29) is 17.4 Å². The van der Waals surface area contributed by atoms with Gasteiger partial charge >= 0.3 is 0 Å². The monoisotopic (exact) mass is 430 g/mol.